The second kappa shape index (κ2) is 7.69. The fourth-order valence-corrected chi connectivity index (χ4v) is 2.69. The lowest BCUT2D eigenvalue weighted by atomic mass is 10.2. The van der Waals surface area contributed by atoms with E-state index in [0.29, 0.717) is 18.8 Å². The van der Waals surface area contributed by atoms with Crippen LogP contribution in [0.1, 0.15) is 13.8 Å². The second-order valence-electron chi connectivity index (χ2n) is 5.15. The van der Waals surface area contributed by atoms with Crippen molar-refractivity contribution in [1.82, 2.24) is 9.88 Å². The van der Waals surface area contributed by atoms with E-state index in [1.54, 1.807) is 29.7 Å². The van der Waals surface area contributed by atoms with Gasteiger partial charge in [-0.25, -0.2) is 4.98 Å². The minimum Gasteiger partial charge on any atom is -0.331 e. The lowest BCUT2D eigenvalue weighted by Gasteiger charge is -2.20. The molecule has 0 atom stereocenters. The summed E-state index contributed by atoms with van der Waals surface area (Å²) in [5, 5.41) is 5.45. The molecule has 0 saturated heterocycles. The topological polar surface area (TPSA) is 62.3 Å². The van der Waals surface area contributed by atoms with Crippen LogP contribution in [-0.4, -0.2) is 34.8 Å². The molecule has 1 N–H and O–H groups in total. The van der Waals surface area contributed by atoms with Crippen molar-refractivity contribution < 1.29 is 9.59 Å². The number of hydrogen-bond donors (Lipinski definition) is 1. The predicted molar refractivity (Wildman–Crippen MR) is 93.2 cm³/mol. The number of nitrogens with zero attached hydrogens (tertiary/aromatic N) is 2. The van der Waals surface area contributed by atoms with Gasteiger partial charge in [-0.15, -0.1) is 11.3 Å². The summed E-state index contributed by atoms with van der Waals surface area (Å²) in [6.07, 6.45) is 1.75. The summed E-state index contributed by atoms with van der Waals surface area (Å²) in [5.41, 5.74) is 2.39. The van der Waals surface area contributed by atoms with Gasteiger partial charge in [-0.2, -0.15) is 0 Å². The minimum atomic E-state index is -0.643. The van der Waals surface area contributed by atoms with E-state index in [1.165, 1.54) is 4.90 Å². The maximum absolute atomic E-state index is 12.1. The van der Waals surface area contributed by atoms with Gasteiger partial charge in [-0.3, -0.25) is 9.59 Å². The number of rotatable bonds is 5. The largest absolute Gasteiger partial charge is 0.331 e. The van der Waals surface area contributed by atoms with Crippen LogP contribution in [0.15, 0.2) is 48.0 Å². The molecule has 2 rings (SSSR count). The molecule has 2 amide bonds. The molecule has 0 aliphatic heterocycles. The molecule has 0 aliphatic carbocycles. The molecule has 0 fully saturated rings. The number of carbonyl (C=O) groups excluding carboxylic acids is 2. The summed E-state index contributed by atoms with van der Waals surface area (Å²) >= 11 is 1.55. The van der Waals surface area contributed by atoms with E-state index in [9.17, 15) is 9.59 Å². The molecule has 0 spiro atoms. The highest BCUT2D eigenvalue weighted by Crippen LogP contribution is 2.23. The molecule has 0 aliphatic rings. The van der Waals surface area contributed by atoms with Crippen molar-refractivity contribution in [1.29, 1.82) is 0 Å². The molecule has 1 aromatic carbocycles. The number of hydrogen-bond acceptors (Lipinski definition) is 4. The first-order valence-corrected chi connectivity index (χ1v) is 8.13. The summed E-state index contributed by atoms with van der Waals surface area (Å²) in [6, 6.07) is 7.25. The third-order valence-electron chi connectivity index (χ3n) is 3.15. The predicted octanol–water partition coefficient (Wildman–Crippen LogP) is 3.17. The van der Waals surface area contributed by atoms with Gasteiger partial charge in [0.05, 0.1) is 0 Å². The zero-order valence-corrected chi connectivity index (χ0v) is 14.0. The standard InChI is InChI=1S/C17H19N3O2S/c1-4-20(11-12(2)3)17(22)15(21)19-14-7-5-13(6-8-14)16-18-9-10-23-16/h5-10H,2,4,11H2,1,3H3,(H,19,21). The number of benzene rings is 1. The maximum Gasteiger partial charge on any atom is 0.313 e. The van der Waals surface area contributed by atoms with E-state index >= 15 is 0 Å². The van der Waals surface area contributed by atoms with Crippen LogP contribution in [0.2, 0.25) is 0 Å². The number of aromatic nitrogens is 1. The zero-order valence-electron chi connectivity index (χ0n) is 13.2. The van der Waals surface area contributed by atoms with E-state index in [-0.39, 0.29) is 0 Å². The quantitative estimate of drug-likeness (QED) is 0.677. The van der Waals surface area contributed by atoms with Gasteiger partial charge in [-0.05, 0) is 38.1 Å². The van der Waals surface area contributed by atoms with Crippen molar-refractivity contribution in [3.05, 3.63) is 48.0 Å². The highest BCUT2D eigenvalue weighted by atomic mass is 32.1. The van der Waals surface area contributed by atoms with E-state index in [2.05, 4.69) is 16.9 Å². The van der Waals surface area contributed by atoms with Crippen LogP contribution in [0.3, 0.4) is 0 Å². The van der Waals surface area contributed by atoms with E-state index in [1.807, 2.05) is 31.4 Å². The van der Waals surface area contributed by atoms with E-state index in [0.717, 1.165) is 16.1 Å². The SMILES string of the molecule is C=C(C)CN(CC)C(=O)C(=O)Nc1ccc(-c2nccs2)cc1. The molecule has 1 aromatic heterocycles. The minimum absolute atomic E-state index is 0.381. The van der Waals surface area contributed by atoms with Gasteiger partial charge in [-0.1, -0.05) is 12.2 Å². The molecule has 0 saturated carbocycles. The summed E-state index contributed by atoms with van der Waals surface area (Å²) in [7, 11) is 0. The molecule has 0 radical (unpaired) electrons. The number of anilines is 1. The average molecular weight is 329 g/mol. The fraction of sp³-hybridized carbons (Fsp3) is 0.235. The highest BCUT2D eigenvalue weighted by Gasteiger charge is 2.20. The number of thiazole rings is 1. The van der Waals surface area contributed by atoms with Crippen LogP contribution >= 0.6 is 11.3 Å². The fourth-order valence-electron chi connectivity index (χ4n) is 2.04. The van der Waals surface area contributed by atoms with Gasteiger partial charge in [0.25, 0.3) is 0 Å². The Morgan fingerprint density at radius 2 is 2.00 bits per heavy atom. The number of carbonyl (C=O) groups is 2. The number of amides is 2. The molecule has 6 heteroatoms. The number of likely N-dealkylation sites (N-methyl/N-ethyl adjacent to an activating group) is 1. The monoisotopic (exact) mass is 329 g/mol. The molecular weight excluding hydrogens is 310 g/mol. The Kier molecular flexibility index (Phi) is 5.65. The van der Waals surface area contributed by atoms with Crippen LogP contribution in [0.4, 0.5) is 5.69 Å². The molecule has 23 heavy (non-hydrogen) atoms. The summed E-state index contributed by atoms with van der Waals surface area (Å²) < 4.78 is 0. The molecular formula is C17H19N3O2S. The Hall–Kier alpha value is -2.47. The van der Waals surface area contributed by atoms with Crippen molar-refractivity contribution in [2.75, 3.05) is 18.4 Å². The normalized spacial score (nSPS) is 10.2. The first kappa shape index (κ1) is 16.9. The maximum atomic E-state index is 12.1. The molecule has 5 nitrogen and oxygen atoms in total. The zero-order chi connectivity index (χ0) is 16.8. The van der Waals surface area contributed by atoms with E-state index < -0.39 is 11.8 Å². The summed E-state index contributed by atoms with van der Waals surface area (Å²) in [5.74, 6) is -1.20. The Bertz CT molecular complexity index is 693. The van der Waals surface area contributed by atoms with Crippen molar-refractivity contribution >= 4 is 28.8 Å². The molecule has 1 heterocycles. The number of nitrogens with one attached hydrogen (secondary N) is 1. The van der Waals surface area contributed by atoms with Crippen LogP contribution in [0.5, 0.6) is 0 Å². The van der Waals surface area contributed by atoms with Gasteiger partial charge in [0, 0.05) is 35.9 Å². The Labute approximate surface area is 139 Å². The average Bonchev–Trinajstić information content (AvgIpc) is 3.06. The highest BCUT2D eigenvalue weighted by molar-refractivity contribution is 7.13. The van der Waals surface area contributed by atoms with Gasteiger partial charge in [0.2, 0.25) is 0 Å². The van der Waals surface area contributed by atoms with Gasteiger partial charge < -0.3 is 10.2 Å². The van der Waals surface area contributed by atoms with Gasteiger partial charge in [0.15, 0.2) is 0 Å². The lowest BCUT2D eigenvalue weighted by Crippen LogP contribution is -2.40. The first-order chi connectivity index (χ1) is 11.0. The van der Waals surface area contributed by atoms with Crippen LogP contribution in [0.25, 0.3) is 10.6 Å². The second-order valence-corrected chi connectivity index (χ2v) is 6.04. The van der Waals surface area contributed by atoms with Gasteiger partial charge >= 0.3 is 11.8 Å². The van der Waals surface area contributed by atoms with Crippen molar-refractivity contribution in [2.24, 2.45) is 0 Å². The van der Waals surface area contributed by atoms with Crippen molar-refractivity contribution in [3.63, 3.8) is 0 Å². The lowest BCUT2D eigenvalue weighted by molar-refractivity contribution is -0.142. The first-order valence-electron chi connectivity index (χ1n) is 7.25. The molecule has 0 bridgehead atoms. The van der Waals surface area contributed by atoms with Crippen LogP contribution < -0.4 is 5.32 Å². The van der Waals surface area contributed by atoms with Crippen LogP contribution in [-0.2, 0) is 9.59 Å². The Balaban J connectivity index is 2.02. The molecule has 120 valence electrons. The van der Waals surface area contributed by atoms with Crippen molar-refractivity contribution in [2.45, 2.75) is 13.8 Å². The summed E-state index contributed by atoms with van der Waals surface area (Å²) in [6.45, 7) is 8.27. The third kappa shape index (κ3) is 4.50. The summed E-state index contributed by atoms with van der Waals surface area (Å²) in [4.78, 5) is 29.9. The van der Waals surface area contributed by atoms with Crippen molar-refractivity contribution in [3.8, 4) is 10.6 Å². The Morgan fingerprint density at radius 3 is 2.52 bits per heavy atom. The van der Waals surface area contributed by atoms with Crippen LogP contribution in [0, 0.1) is 0 Å². The Morgan fingerprint density at radius 1 is 1.30 bits per heavy atom. The molecule has 0 unspecified atom stereocenters. The van der Waals surface area contributed by atoms with E-state index in [4.69, 9.17) is 0 Å². The van der Waals surface area contributed by atoms with Gasteiger partial charge in [0.1, 0.15) is 5.01 Å². The molecule has 2 aromatic rings. The third-order valence-corrected chi connectivity index (χ3v) is 3.97. The smallest absolute Gasteiger partial charge is 0.313 e.